The molecule has 0 amide bonds. The van der Waals surface area contributed by atoms with Crippen LogP contribution in [0.2, 0.25) is 0 Å². The first-order chi connectivity index (χ1) is 5.83. The minimum Gasteiger partial charge on any atom is -0.465 e. The first-order valence-electron chi connectivity index (χ1n) is 3.81. The maximum Gasteiger partial charge on any atom is 0.293 e. The van der Waals surface area contributed by atoms with Crippen molar-refractivity contribution in [1.82, 2.24) is 4.98 Å². The van der Waals surface area contributed by atoms with Crippen molar-refractivity contribution in [2.45, 2.75) is 19.4 Å². The van der Waals surface area contributed by atoms with Gasteiger partial charge in [-0.1, -0.05) is 0 Å². The second-order valence-corrected chi connectivity index (χ2v) is 2.60. The van der Waals surface area contributed by atoms with Crippen LogP contribution in [-0.4, -0.2) is 17.6 Å². The predicted octanol–water partition coefficient (Wildman–Crippen LogP) is 1.19. The van der Waals surface area contributed by atoms with Crippen molar-refractivity contribution in [1.29, 1.82) is 0 Å². The highest BCUT2D eigenvalue weighted by Gasteiger charge is 2.01. The largest absolute Gasteiger partial charge is 0.465 e. The molecule has 0 aliphatic carbocycles. The van der Waals surface area contributed by atoms with Gasteiger partial charge >= 0.3 is 0 Å². The van der Waals surface area contributed by atoms with Crippen LogP contribution in [0.3, 0.4) is 0 Å². The fourth-order valence-electron chi connectivity index (χ4n) is 0.994. The quantitative estimate of drug-likeness (QED) is 0.629. The first kappa shape index (κ1) is 8.71. The molecule has 0 N–H and O–H groups in total. The number of ether oxygens (including phenoxy) is 1. The van der Waals surface area contributed by atoms with Gasteiger partial charge in [0.25, 0.3) is 6.47 Å². The number of pyridine rings is 1. The highest BCUT2D eigenvalue weighted by Crippen LogP contribution is 2.02. The zero-order valence-electron chi connectivity index (χ0n) is 6.93. The Morgan fingerprint density at radius 3 is 2.83 bits per heavy atom. The molecule has 0 aliphatic heterocycles. The van der Waals surface area contributed by atoms with Crippen molar-refractivity contribution in [3.8, 4) is 0 Å². The molecule has 3 heteroatoms. The standard InChI is InChI=1S/C9H11NO2/c1-8(12-7-11)6-9-2-4-10-5-3-9/h2-5,7-8H,6H2,1H3. The van der Waals surface area contributed by atoms with Crippen LogP contribution < -0.4 is 0 Å². The zero-order chi connectivity index (χ0) is 8.81. The molecule has 1 heterocycles. The summed E-state index contributed by atoms with van der Waals surface area (Å²) in [6, 6.07) is 3.81. The Morgan fingerprint density at radius 1 is 1.58 bits per heavy atom. The Labute approximate surface area is 71.4 Å². The highest BCUT2D eigenvalue weighted by molar-refractivity contribution is 5.37. The number of carbonyl (C=O) groups excluding carboxylic acids is 1. The SMILES string of the molecule is CC(Cc1ccncc1)OC=O. The maximum atomic E-state index is 9.97. The lowest BCUT2D eigenvalue weighted by molar-refractivity contribution is -0.132. The Morgan fingerprint density at radius 2 is 2.25 bits per heavy atom. The predicted molar refractivity (Wildman–Crippen MR) is 44.6 cm³/mol. The summed E-state index contributed by atoms with van der Waals surface area (Å²) < 4.78 is 4.74. The fourth-order valence-corrected chi connectivity index (χ4v) is 0.994. The number of carbonyl (C=O) groups is 1. The average molecular weight is 165 g/mol. The number of nitrogens with zero attached hydrogens (tertiary/aromatic N) is 1. The summed E-state index contributed by atoms with van der Waals surface area (Å²) in [7, 11) is 0. The summed E-state index contributed by atoms with van der Waals surface area (Å²) in [6.07, 6.45) is 4.12. The fraction of sp³-hybridized carbons (Fsp3) is 0.333. The van der Waals surface area contributed by atoms with E-state index in [0.29, 0.717) is 6.47 Å². The molecular weight excluding hydrogens is 154 g/mol. The lowest BCUT2D eigenvalue weighted by Gasteiger charge is -2.08. The molecule has 12 heavy (non-hydrogen) atoms. The molecule has 0 radical (unpaired) electrons. The van der Waals surface area contributed by atoms with Gasteiger partial charge in [0.2, 0.25) is 0 Å². The lowest BCUT2D eigenvalue weighted by Crippen LogP contribution is -2.10. The molecular formula is C9H11NO2. The minimum atomic E-state index is -0.0649. The van der Waals surface area contributed by atoms with E-state index in [4.69, 9.17) is 4.74 Å². The monoisotopic (exact) mass is 165 g/mol. The Hall–Kier alpha value is -1.38. The third-order valence-corrected chi connectivity index (χ3v) is 1.56. The van der Waals surface area contributed by atoms with Gasteiger partial charge in [0, 0.05) is 18.8 Å². The first-order valence-corrected chi connectivity index (χ1v) is 3.81. The van der Waals surface area contributed by atoms with E-state index in [2.05, 4.69) is 4.98 Å². The smallest absolute Gasteiger partial charge is 0.293 e. The van der Waals surface area contributed by atoms with E-state index >= 15 is 0 Å². The van der Waals surface area contributed by atoms with Crippen molar-refractivity contribution in [3.05, 3.63) is 30.1 Å². The van der Waals surface area contributed by atoms with Gasteiger partial charge in [-0.3, -0.25) is 9.78 Å². The molecule has 1 atom stereocenters. The summed E-state index contributed by atoms with van der Waals surface area (Å²) >= 11 is 0. The van der Waals surface area contributed by atoms with Crippen molar-refractivity contribution in [3.63, 3.8) is 0 Å². The van der Waals surface area contributed by atoms with Crippen LogP contribution in [0.5, 0.6) is 0 Å². The van der Waals surface area contributed by atoms with Gasteiger partial charge in [-0.25, -0.2) is 0 Å². The summed E-state index contributed by atoms with van der Waals surface area (Å²) in [4.78, 5) is 13.9. The van der Waals surface area contributed by atoms with Crippen LogP contribution in [0.4, 0.5) is 0 Å². The topological polar surface area (TPSA) is 39.2 Å². The van der Waals surface area contributed by atoms with Crippen LogP contribution in [-0.2, 0) is 16.0 Å². The summed E-state index contributed by atoms with van der Waals surface area (Å²) in [5.74, 6) is 0. The van der Waals surface area contributed by atoms with Crippen LogP contribution in [0, 0.1) is 0 Å². The Balaban J connectivity index is 2.46. The van der Waals surface area contributed by atoms with Crippen molar-refractivity contribution >= 4 is 6.47 Å². The van der Waals surface area contributed by atoms with E-state index in [0.717, 1.165) is 12.0 Å². The summed E-state index contributed by atoms with van der Waals surface area (Å²) in [5, 5.41) is 0. The molecule has 0 bridgehead atoms. The van der Waals surface area contributed by atoms with Gasteiger partial charge in [0.1, 0.15) is 6.10 Å². The van der Waals surface area contributed by atoms with Gasteiger partial charge in [-0.05, 0) is 24.6 Å². The highest BCUT2D eigenvalue weighted by atomic mass is 16.5. The van der Waals surface area contributed by atoms with E-state index in [-0.39, 0.29) is 6.10 Å². The maximum absolute atomic E-state index is 9.97. The number of aromatic nitrogens is 1. The lowest BCUT2D eigenvalue weighted by atomic mass is 10.1. The number of rotatable bonds is 4. The second kappa shape index (κ2) is 4.49. The molecule has 0 spiro atoms. The van der Waals surface area contributed by atoms with Gasteiger partial charge in [-0.2, -0.15) is 0 Å². The van der Waals surface area contributed by atoms with E-state index in [1.807, 2.05) is 19.1 Å². The minimum absolute atomic E-state index is 0.0649. The molecule has 0 fully saturated rings. The van der Waals surface area contributed by atoms with Crippen LogP contribution in [0.1, 0.15) is 12.5 Å². The van der Waals surface area contributed by atoms with Crippen molar-refractivity contribution in [2.24, 2.45) is 0 Å². The number of hydrogen-bond acceptors (Lipinski definition) is 3. The van der Waals surface area contributed by atoms with Crippen LogP contribution in [0.15, 0.2) is 24.5 Å². The van der Waals surface area contributed by atoms with Gasteiger partial charge in [0.15, 0.2) is 0 Å². The summed E-state index contributed by atoms with van der Waals surface area (Å²) in [6.45, 7) is 2.33. The molecule has 1 unspecified atom stereocenters. The van der Waals surface area contributed by atoms with Crippen molar-refractivity contribution in [2.75, 3.05) is 0 Å². The van der Waals surface area contributed by atoms with Crippen molar-refractivity contribution < 1.29 is 9.53 Å². The molecule has 1 rings (SSSR count). The van der Waals surface area contributed by atoms with Gasteiger partial charge in [-0.15, -0.1) is 0 Å². The second-order valence-electron chi connectivity index (χ2n) is 2.60. The molecule has 1 aromatic rings. The normalized spacial score (nSPS) is 12.1. The third-order valence-electron chi connectivity index (χ3n) is 1.56. The molecule has 64 valence electrons. The molecule has 0 aromatic carbocycles. The van der Waals surface area contributed by atoms with E-state index in [1.54, 1.807) is 12.4 Å². The third kappa shape index (κ3) is 2.70. The van der Waals surface area contributed by atoms with Gasteiger partial charge in [0.05, 0.1) is 0 Å². The molecule has 0 aliphatic rings. The van der Waals surface area contributed by atoms with E-state index < -0.39 is 0 Å². The molecule has 0 saturated heterocycles. The van der Waals surface area contributed by atoms with E-state index in [1.165, 1.54) is 0 Å². The average Bonchev–Trinajstić information content (AvgIpc) is 2.06. The van der Waals surface area contributed by atoms with Gasteiger partial charge < -0.3 is 4.74 Å². The Kier molecular flexibility index (Phi) is 3.26. The van der Waals surface area contributed by atoms with E-state index in [9.17, 15) is 4.79 Å². The molecule has 1 aromatic heterocycles. The Bertz CT molecular complexity index is 236. The van der Waals surface area contributed by atoms with Crippen LogP contribution in [0.25, 0.3) is 0 Å². The summed E-state index contributed by atoms with van der Waals surface area (Å²) in [5.41, 5.74) is 1.12. The molecule has 3 nitrogen and oxygen atoms in total. The number of hydrogen-bond donors (Lipinski definition) is 0. The molecule has 0 saturated carbocycles. The van der Waals surface area contributed by atoms with Crippen LogP contribution >= 0.6 is 0 Å². The zero-order valence-corrected chi connectivity index (χ0v) is 6.93.